The minimum Gasteiger partial charge on any atom is -0.373 e. The van der Waals surface area contributed by atoms with Gasteiger partial charge in [0.1, 0.15) is 6.04 Å². The molecule has 7 heteroatoms. The third kappa shape index (κ3) is 2.56. The highest BCUT2D eigenvalue weighted by Gasteiger charge is 2.40. The van der Waals surface area contributed by atoms with Crippen LogP contribution in [-0.4, -0.2) is 27.8 Å². The Morgan fingerprint density at radius 1 is 0.893 bits per heavy atom. The van der Waals surface area contributed by atoms with E-state index in [1.54, 1.807) is 24.3 Å². The smallest absolute Gasteiger partial charge is 0.323 e. The van der Waals surface area contributed by atoms with E-state index in [-0.39, 0.29) is 23.9 Å². The molecule has 2 amide bonds. The zero-order valence-corrected chi connectivity index (χ0v) is 14.7. The van der Waals surface area contributed by atoms with E-state index in [1.807, 2.05) is 36.4 Å². The molecule has 1 saturated heterocycles. The van der Waals surface area contributed by atoms with Gasteiger partial charge in [-0.3, -0.25) is 9.59 Å². The van der Waals surface area contributed by atoms with E-state index in [4.69, 9.17) is 0 Å². The Balaban J connectivity index is 1.47. The van der Waals surface area contributed by atoms with Crippen LogP contribution in [0.5, 0.6) is 0 Å². The van der Waals surface area contributed by atoms with Crippen molar-refractivity contribution in [3.63, 3.8) is 0 Å². The predicted molar refractivity (Wildman–Crippen MR) is 107 cm³/mol. The summed E-state index contributed by atoms with van der Waals surface area (Å²) >= 11 is 0. The lowest BCUT2D eigenvalue weighted by molar-refractivity contribution is -0.121. The minimum atomic E-state index is -0.658. The molecule has 3 N–H and O–H groups in total. The standard InChI is InChI=1S/C21H16N4O3/c26-19-11-17(22-13-8-9-15-16(10-13)24-21(28)23-15)20(27)25(19)18-7-3-5-12-4-1-2-6-14(12)18/h1-10,17,22H,11H2,(H2,23,24,28)/t17-/m1/s1. The Morgan fingerprint density at radius 2 is 1.68 bits per heavy atom. The molecule has 0 bridgehead atoms. The summed E-state index contributed by atoms with van der Waals surface area (Å²) in [7, 11) is 0. The van der Waals surface area contributed by atoms with E-state index in [1.165, 1.54) is 4.90 Å². The zero-order chi connectivity index (χ0) is 19.3. The summed E-state index contributed by atoms with van der Waals surface area (Å²) in [6, 6.07) is 17.8. The van der Waals surface area contributed by atoms with Gasteiger partial charge >= 0.3 is 5.69 Å². The number of imide groups is 1. The molecule has 7 nitrogen and oxygen atoms in total. The topological polar surface area (TPSA) is 98.1 Å². The second-order valence-electron chi connectivity index (χ2n) is 6.81. The number of fused-ring (bicyclic) bond motifs is 2. The Bertz CT molecular complexity index is 1300. The number of nitrogens with one attached hydrogen (secondary N) is 3. The fraction of sp³-hybridized carbons (Fsp3) is 0.0952. The number of imidazole rings is 1. The van der Waals surface area contributed by atoms with Gasteiger partial charge in [-0.15, -0.1) is 0 Å². The van der Waals surface area contributed by atoms with Gasteiger partial charge in [-0.05, 0) is 29.7 Å². The Kier molecular flexibility index (Phi) is 3.55. The quantitative estimate of drug-likeness (QED) is 0.482. The van der Waals surface area contributed by atoms with Gasteiger partial charge < -0.3 is 15.3 Å². The molecule has 0 unspecified atom stereocenters. The molecule has 0 aliphatic carbocycles. The van der Waals surface area contributed by atoms with Gasteiger partial charge in [0.05, 0.1) is 23.1 Å². The second kappa shape index (κ2) is 6.09. The molecule has 1 aromatic heterocycles. The molecule has 0 saturated carbocycles. The number of hydrogen-bond donors (Lipinski definition) is 3. The Morgan fingerprint density at radius 3 is 2.57 bits per heavy atom. The molecule has 1 aliphatic heterocycles. The molecule has 2 heterocycles. The van der Waals surface area contributed by atoms with Crippen LogP contribution >= 0.6 is 0 Å². The first-order valence-electron chi connectivity index (χ1n) is 8.93. The van der Waals surface area contributed by atoms with Crippen LogP contribution in [0, 0.1) is 0 Å². The third-order valence-electron chi connectivity index (χ3n) is 5.01. The first-order valence-corrected chi connectivity index (χ1v) is 8.93. The molecule has 4 aromatic rings. The molecule has 5 rings (SSSR count). The average Bonchev–Trinajstić information content (AvgIpc) is 3.19. The van der Waals surface area contributed by atoms with Crippen molar-refractivity contribution in [3.05, 3.63) is 71.1 Å². The number of aromatic amines is 2. The summed E-state index contributed by atoms with van der Waals surface area (Å²) in [5.74, 6) is -0.529. The molecule has 28 heavy (non-hydrogen) atoms. The zero-order valence-electron chi connectivity index (χ0n) is 14.7. The Hall–Kier alpha value is -3.87. The van der Waals surface area contributed by atoms with Gasteiger partial charge in [0.15, 0.2) is 0 Å². The normalized spacial score (nSPS) is 17.0. The van der Waals surface area contributed by atoms with Crippen molar-refractivity contribution in [3.8, 4) is 0 Å². The van der Waals surface area contributed by atoms with Gasteiger partial charge in [-0.2, -0.15) is 0 Å². The van der Waals surface area contributed by atoms with E-state index < -0.39 is 6.04 Å². The van der Waals surface area contributed by atoms with E-state index in [0.29, 0.717) is 22.4 Å². The number of carbonyl (C=O) groups excluding carboxylic acids is 2. The molecule has 1 aliphatic rings. The van der Waals surface area contributed by atoms with Gasteiger partial charge in [0.2, 0.25) is 5.91 Å². The summed E-state index contributed by atoms with van der Waals surface area (Å²) in [5.41, 5.74) is 2.29. The molecule has 0 radical (unpaired) electrons. The van der Waals surface area contributed by atoms with E-state index in [9.17, 15) is 14.4 Å². The van der Waals surface area contributed by atoms with E-state index in [2.05, 4.69) is 15.3 Å². The van der Waals surface area contributed by atoms with E-state index in [0.717, 1.165) is 10.8 Å². The second-order valence-corrected chi connectivity index (χ2v) is 6.81. The summed E-state index contributed by atoms with van der Waals surface area (Å²) in [6.45, 7) is 0. The summed E-state index contributed by atoms with van der Waals surface area (Å²) in [6.07, 6.45) is 0.0732. The summed E-state index contributed by atoms with van der Waals surface area (Å²) < 4.78 is 0. The van der Waals surface area contributed by atoms with Gasteiger partial charge in [-0.1, -0.05) is 36.4 Å². The molecule has 3 aromatic carbocycles. The number of aromatic nitrogens is 2. The molecular weight excluding hydrogens is 356 g/mol. The lowest BCUT2D eigenvalue weighted by atomic mass is 10.1. The summed E-state index contributed by atoms with van der Waals surface area (Å²) in [4.78, 5) is 43.7. The minimum absolute atomic E-state index is 0.0732. The highest BCUT2D eigenvalue weighted by atomic mass is 16.2. The maximum absolute atomic E-state index is 13.0. The SMILES string of the molecule is O=C1C[C@@H](Nc2ccc3[nH]c(=O)[nH]c3c2)C(=O)N1c1cccc2ccccc12. The van der Waals surface area contributed by atoms with Gasteiger partial charge in [0, 0.05) is 11.1 Å². The van der Waals surface area contributed by atoms with Gasteiger partial charge in [0.25, 0.3) is 5.91 Å². The molecule has 1 fully saturated rings. The molecule has 138 valence electrons. The van der Waals surface area contributed by atoms with Crippen LogP contribution in [0.25, 0.3) is 21.8 Å². The van der Waals surface area contributed by atoms with Gasteiger partial charge in [-0.25, -0.2) is 9.69 Å². The average molecular weight is 372 g/mol. The maximum Gasteiger partial charge on any atom is 0.323 e. The predicted octanol–water partition coefficient (Wildman–Crippen LogP) is 2.75. The number of anilines is 2. The number of nitrogens with zero attached hydrogens (tertiary/aromatic N) is 1. The highest BCUT2D eigenvalue weighted by molar-refractivity contribution is 6.25. The van der Waals surface area contributed by atoms with Crippen molar-refractivity contribution in [2.45, 2.75) is 12.5 Å². The van der Waals surface area contributed by atoms with E-state index >= 15 is 0 Å². The molecule has 1 atom stereocenters. The van der Waals surface area contributed by atoms with Crippen LogP contribution in [-0.2, 0) is 9.59 Å². The number of H-pyrrole nitrogens is 2. The lowest BCUT2D eigenvalue weighted by Crippen LogP contribution is -2.34. The van der Waals surface area contributed by atoms with Crippen molar-refractivity contribution >= 4 is 45.0 Å². The maximum atomic E-state index is 13.0. The van der Waals surface area contributed by atoms with Crippen LogP contribution in [0.1, 0.15) is 6.42 Å². The first kappa shape index (κ1) is 16.3. The van der Waals surface area contributed by atoms with Crippen molar-refractivity contribution in [1.29, 1.82) is 0 Å². The number of amides is 2. The third-order valence-corrected chi connectivity index (χ3v) is 5.01. The van der Waals surface area contributed by atoms with Crippen LogP contribution in [0.3, 0.4) is 0 Å². The van der Waals surface area contributed by atoms with Crippen LogP contribution in [0.2, 0.25) is 0 Å². The van der Waals surface area contributed by atoms with Crippen LogP contribution in [0.4, 0.5) is 11.4 Å². The number of benzene rings is 3. The largest absolute Gasteiger partial charge is 0.373 e. The molecule has 0 spiro atoms. The summed E-state index contributed by atoms with van der Waals surface area (Å²) in [5, 5.41) is 4.95. The number of carbonyl (C=O) groups is 2. The number of hydrogen-bond acceptors (Lipinski definition) is 4. The van der Waals surface area contributed by atoms with Crippen molar-refractivity contribution in [2.24, 2.45) is 0 Å². The fourth-order valence-corrected chi connectivity index (χ4v) is 3.72. The lowest BCUT2D eigenvalue weighted by Gasteiger charge is -2.18. The van der Waals surface area contributed by atoms with Crippen LogP contribution < -0.4 is 15.9 Å². The Labute approximate surface area is 159 Å². The monoisotopic (exact) mass is 372 g/mol. The van der Waals surface area contributed by atoms with Crippen molar-refractivity contribution < 1.29 is 9.59 Å². The number of rotatable bonds is 3. The van der Waals surface area contributed by atoms with Crippen LogP contribution in [0.15, 0.2) is 65.5 Å². The fourth-order valence-electron chi connectivity index (χ4n) is 3.72. The molecular formula is C21H16N4O3. The first-order chi connectivity index (χ1) is 13.6. The van der Waals surface area contributed by atoms with Crippen molar-refractivity contribution in [1.82, 2.24) is 9.97 Å². The highest BCUT2D eigenvalue weighted by Crippen LogP contribution is 2.31. The van der Waals surface area contributed by atoms with Crippen molar-refractivity contribution in [2.75, 3.05) is 10.2 Å².